The van der Waals surface area contributed by atoms with Gasteiger partial charge in [0.1, 0.15) is 11.5 Å². The van der Waals surface area contributed by atoms with Crippen LogP contribution in [0.4, 0.5) is 0 Å². The summed E-state index contributed by atoms with van der Waals surface area (Å²) in [6.07, 6.45) is 4.46. The molecule has 1 aliphatic heterocycles. The fraction of sp³-hybridized carbons (Fsp3) is 0.333. The lowest BCUT2D eigenvalue weighted by Gasteiger charge is -2.34. The molecular formula is C24H30N2O6. The van der Waals surface area contributed by atoms with Crippen molar-refractivity contribution < 1.29 is 29.3 Å². The van der Waals surface area contributed by atoms with Gasteiger partial charge < -0.3 is 19.7 Å². The van der Waals surface area contributed by atoms with Crippen molar-refractivity contribution in [2.45, 2.75) is 6.54 Å². The zero-order valence-electron chi connectivity index (χ0n) is 18.4. The van der Waals surface area contributed by atoms with Crippen molar-refractivity contribution in [1.82, 2.24) is 9.80 Å². The van der Waals surface area contributed by atoms with E-state index in [1.807, 2.05) is 18.2 Å². The van der Waals surface area contributed by atoms with Crippen molar-refractivity contribution in [1.29, 1.82) is 0 Å². The number of nitrogens with zero attached hydrogens (tertiary/aromatic N) is 2. The van der Waals surface area contributed by atoms with E-state index in [1.54, 1.807) is 14.2 Å². The van der Waals surface area contributed by atoms with Crippen LogP contribution in [-0.4, -0.2) is 78.9 Å². The van der Waals surface area contributed by atoms with Crippen molar-refractivity contribution in [2.24, 2.45) is 0 Å². The Morgan fingerprint density at radius 1 is 0.906 bits per heavy atom. The summed E-state index contributed by atoms with van der Waals surface area (Å²) in [5, 5.41) is 14.8. The second kappa shape index (κ2) is 13.1. The number of hydrogen-bond donors (Lipinski definition) is 2. The van der Waals surface area contributed by atoms with E-state index in [0.717, 1.165) is 50.8 Å². The third kappa shape index (κ3) is 8.41. The lowest BCUT2D eigenvalue weighted by Crippen LogP contribution is -2.45. The standard InChI is InChI=1S/C22H28N2O2.C2H2O4/c1-25-21-11-10-20(22(17-21)26-2)18-24-15-13-23(14-16-24)12-6-9-19-7-4-3-5-8-19;3-1(4)2(5)6/h3-11,17H,12-16,18H2,1-2H3;(H,3,4)(H,5,6). The summed E-state index contributed by atoms with van der Waals surface area (Å²) in [6.45, 7) is 6.27. The first-order valence-electron chi connectivity index (χ1n) is 10.3. The van der Waals surface area contributed by atoms with Gasteiger partial charge in [-0.2, -0.15) is 0 Å². The molecule has 1 heterocycles. The predicted octanol–water partition coefficient (Wildman–Crippen LogP) is 2.69. The number of methoxy groups -OCH3 is 2. The first-order chi connectivity index (χ1) is 15.4. The number of carbonyl (C=O) groups is 2. The summed E-state index contributed by atoms with van der Waals surface area (Å²) in [5.41, 5.74) is 2.48. The highest BCUT2D eigenvalue weighted by Crippen LogP contribution is 2.26. The minimum absolute atomic E-state index is 0.834. The summed E-state index contributed by atoms with van der Waals surface area (Å²) in [5.74, 6) is -1.91. The molecule has 8 heteroatoms. The Labute approximate surface area is 188 Å². The molecule has 3 rings (SSSR count). The van der Waals surface area contributed by atoms with Crippen molar-refractivity contribution >= 4 is 18.0 Å². The SMILES string of the molecule is COc1ccc(CN2CCN(CC=Cc3ccccc3)CC2)c(OC)c1.O=C(O)C(=O)O. The van der Waals surface area contributed by atoms with Gasteiger partial charge in [-0.3, -0.25) is 9.80 Å². The van der Waals surface area contributed by atoms with Gasteiger partial charge in [-0.15, -0.1) is 0 Å². The van der Waals surface area contributed by atoms with Gasteiger partial charge in [0.2, 0.25) is 0 Å². The van der Waals surface area contributed by atoms with Gasteiger partial charge in [0.05, 0.1) is 14.2 Å². The first kappa shape index (κ1) is 24.9. The van der Waals surface area contributed by atoms with Crippen LogP contribution < -0.4 is 9.47 Å². The Kier molecular flexibility index (Phi) is 10.2. The molecule has 1 fully saturated rings. The molecule has 0 aliphatic carbocycles. The van der Waals surface area contributed by atoms with Crippen LogP contribution in [0.2, 0.25) is 0 Å². The fourth-order valence-corrected chi connectivity index (χ4v) is 3.26. The maximum Gasteiger partial charge on any atom is 0.414 e. The molecule has 1 aliphatic rings. The molecule has 0 atom stereocenters. The molecule has 0 saturated carbocycles. The Morgan fingerprint density at radius 3 is 2.09 bits per heavy atom. The molecular weight excluding hydrogens is 412 g/mol. The van der Waals surface area contributed by atoms with E-state index in [4.69, 9.17) is 29.3 Å². The van der Waals surface area contributed by atoms with Gasteiger partial charge in [0.25, 0.3) is 0 Å². The normalized spacial score (nSPS) is 14.4. The van der Waals surface area contributed by atoms with Crippen molar-refractivity contribution in [2.75, 3.05) is 46.9 Å². The average molecular weight is 443 g/mol. The maximum atomic E-state index is 9.10. The van der Waals surface area contributed by atoms with E-state index < -0.39 is 11.9 Å². The van der Waals surface area contributed by atoms with Gasteiger partial charge in [-0.1, -0.05) is 48.6 Å². The molecule has 2 N–H and O–H groups in total. The van der Waals surface area contributed by atoms with Crippen LogP contribution in [0.25, 0.3) is 6.08 Å². The van der Waals surface area contributed by atoms with Crippen LogP contribution in [0.15, 0.2) is 54.6 Å². The fourth-order valence-electron chi connectivity index (χ4n) is 3.26. The molecule has 0 amide bonds. The molecule has 1 saturated heterocycles. The molecule has 32 heavy (non-hydrogen) atoms. The largest absolute Gasteiger partial charge is 0.497 e. The van der Waals surface area contributed by atoms with Gasteiger partial charge in [0, 0.05) is 50.9 Å². The number of rotatable bonds is 7. The van der Waals surface area contributed by atoms with E-state index in [-0.39, 0.29) is 0 Å². The molecule has 8 nitrogen and oxygen atoms in total. The van der Waals surface area contributed by atoms with Gasteiger partial charge in [-0.05, 0) is 11.6 Å². The Bertz CT molecular complexity index is 881. The molecule has 2 aromatic rings. The third-order valence-electron chi connectivity index (χ3n) is 5.01. The highest BCUT2D eigenvalue weighted by atomic mass is 16.5. The van der Waals surface area contributed by atoms with Crippen molar-refractivity contribution in [3.63, 3.8) is 0 Å². The van der Waals surface area contributed by atoms with Crippen LogP contribution in [0.5, 0.6) is 11.5 Å². The zero-order chi connectivity index (χ0) is 23.3. The molecule has 0 aromatic heterocycles. The maximum absolute atomic E-state index is 9.10. The van der Waals surface area contributed by atoms with E-state index in [0.29, 0.717) is 0 Å². The number of ether oxygens (including phenoxy) is 2. The van der Waals surface area contributed by atoms with Crippen LogP contribution in [0, 0.1) is 0 Å². The summed E-state index contributed by atoms with van der Waals surface area (Å²) in [6, 6.07) is 16.5. The lowest BCUT2D eigenvalue weighted by atomic mass is 10.1. The molecule has 2 aromatic carbocycles. The second-order valence-corrected chi connectivity index (χ2v) is 7.18. The van der Waals surface area contributed by atoms with E-state index in [2.05, 4.69) is 52.3 Å². The van der Waals surface area contributed by atoms with E-state index in [1.165, 1.54) is 11.1 Å². The van der Waals surface area contributed by atoms with E-state index >= 15 is 0 Å². The number of piperazine rings is 1. The predicted molar refractivity (Wildman–Crippen MR) is 122 cm³/mol. The molecule has 0 radical (unpaired) electrons. The summed E-state index contributed by atoms with van der Waals surface area (Å²) in [4.78, 5) is 23.2. The average Bonchev–Trinajstić information content (AvgIpc) is 2.81. The molecule has 172 valence electrons. The lowest BCUT2D eigenvalue weighted by molar-refractivity contribution is -0.159. The quantitative estimate of drug-likeness (QED) is 0.632. The van der Waals surface area contributed by atoms with Gasteiger partial charge in [-0.25, -0.2) is 9.59 Å². The van der Waals surface area contributed by atoms with Gasteiger partial charge >= 0.3 is 11.9 Å². The Balaban J connectivity index is 0.000000534. The third-order valence-corrected chi connectivity index (χ3v) is 5.01. The smallest absolute Gasteiger partial charge is 0.414 e. The van der Waals surface area contributed by atoms with Gasteiger partial charge in [0.15, 0.2) is 0 Å². The molecule has 0 spiro atoms. The first-order valence-corrected chi connectivity index (χ1v) is 10.3. The summed E-state index contributed by atoms with van der Waals surface area (Å²) < 4.78 is 10.8. The zero-order valence-corrected chi connectivity index (χ0v) is 18.4. The summed E-state index contributed by atoms with van der Waals surface area (Å²) >= 11 is 0. The minimum atomic E-state index is -1.82. The monoisotopic (exact) mass is 442 g/mol. The number of aliphatic carboxylic acids is 2. The molecule has 0 bridgehead atoms. The van der Waals surface area contributed by atoms with Crippen LogP contribution >= 0.6 is 0 Å². The highest BCUT2D eigenvalue weighted by molar-refractivity contribution is 6.27. The Hall–Kier alpha value is -3.36. The number of benzene rings is 2. The minimum Gasteiger partial charge on any atom is -0.497 e. The van der Waals surface area contributed by atoms with Crippen LogP contribution in [0.1, 0.15) is 11.1 Å². The number of hydrogen-bond acceptors (Lipinski definition) is 6. The van der Waals surface area contributed by atoms with Crippen molar-refractivity contribution in [3.05, 3.63) is 65.7 Å². The van der Waals surface area contributed by atoms with E-state index in [9.17, 15) is 0 Å². The number of carboxylic acids is 2. The molecule has 0 unspecified atom stereocenters. The topological polar surface area (TPSA) is 99.5 Å². The van der Waals surface area contributed by atoms with Crippen molar-refractivity contribution in [3.8, 4) is 11.5 Å². The van der Waals surface area contributed by atoms with Crippen LogP contribution in [-0.2, 0) is 16.1 Å². The second-order valence-electron chi connectivity index (χ2n) is 7.18. The number of carboxylic acid groups (broad SMARTS) is 2. The summed E-state index contributed by atoms with van der Waals surface area (Å²) in [7, 11) is 3.40. The highest BCUT2D eigenvalue weighted by Gasteiger charge is 2.17. The Morgan fingerprint density at radius 2 is 1.53 bits per heavy atom. The van der Waals surface area contributed by atoms with Crippen LogP contribution in [0.3, 0.4) is 0 Å².